The summed E-state index contributed by atoms with van der Waals surface area (Å²) in [6.45, 7) is 2.14. The average molecular weight is 494 g/mol. The molecule has 7 heteroatoms. The summed E-state index contributed by atoms with van der Waals surface area (Å²) >= 11 is 12.3. The topological polar surface area (TPSA) is 55.8 Å². The van der Waals surface area contributed by atoms with Crippen molar-refractivity contribution in [1.82, 2.24) is 0 Å². The molecule has 0 fully saturated rings. The summed E-state index contributed by atoms with van der Waals surface area (Å²) in [7, 11) is 1.25. The van der Waals surface area contributed by atoms with Crippen molar-refractivity contribution in [3.8, 4) is 5.75 Å². The summed E-state index contributed by atoms with van der Waals surface area (Å²) in [5, 5.41) is 0.729. The molecule has 0 unspecified atom stereocenters. The van der Waals surface area contributed by atoms with Crippen LogP contribution in [0, 0.1) is 0 Å². The van der Waals surface area contributed by atoms with Crippen molar-refractivity contribution in [2.75, 3.05) is 12.0 Å². The zero-order valence-corrected chi connectivity index (χ0v) is 20.1. The van der Waals surface area contributed by atoms with Crippen LogP contribution in [0.4, 0.5) is 5.69 Å². The molecular formula is C27H21Cl2NO4. The SMILES string of the molecule is COC(=O)C1=C(C)N(c2ccc(Cl)c(Cl)c2)/C(=C\c2ccc(OCc3ccccc3)cc2)C1=O. The van der Waals surface area contributed by atoms with E-state index in [1.165, 1.54) is 7.11 Å². The third-order valence-electron chi connectivity index (χ3n) is 5.38. The van der Waals surface area contributed by atoms with Crippen molar-refractivity contribution in [1.29, 1.82) is 0 Å². The van der Waals surface area contributed by atoms with E-state index in [2.05, 4.69) is 0 Å². The minimum absolute atomic E-state index is 0.0253. The number of esters is 1. The summed E-state index contributed by atoms with van der Waals surface area (Å²) in [6, 6.07) is 22.3. The molecule has 4 rings (SSSR count). The zero-order chi connectivity index (χ0) is 24.2. The second-order valence-electron chi connectivity index (χ2n) is 7.59. The quantitative estimate of drug-likeness (QED) is 0.224. The Morgan fingerprint density at radius 2 is 1.68 bits per heavy atom. The Morgan fingerprint density at radius 1 is 0.971 bits per heavy atom. The van der Waals surface area contributed by atoms with Gasteiger partial charge in [-0.3, -0.25) is 4.79 Å². The lowest BCUT2D eigenvalue weighted by molar-refractivity contribution is -0.137. The molecular weight excluding hydrogens is 473 g/mol. The van der Waals surface area contributed by atoms with Crippen molar-refractivity contribution in [2.24, 2.45) is 0 Å². The van der Waals surface area contributed by atoms with E-state index < -0.39 is 11.8 Å². The minimum Gasteiger partial charge on any atom is -0.489 e. The largest absolute Gasteiger partial charge is 0.489 e. The van der Waals surface area contributed by atoms with E-state index in [0.717, 1.165) is 11.1 Å². The molecule has 0 bridgehead atoms. The van der Waals surface area contributed by atoms with E-state index in [0.29, 0.717) is 39.5 Å². The van der Waals surface area contributed by atoms with Gasteiger partial charge in [0.15, 0.2) is 0 Å². The van der Waals surface area contributed by atoms with Crippen LogP contribution in [0.15, 0.2) is 89.8 Å². The number of methoxy groups -OCH3 is 1. The lowest BCUT2D eigenvalue weighted by atomic mass is 10.1. The molecule has 0 N–H and O–H groups in total. The van der Waals surface area contributed by atoms with Crippen LogP contribution in [0.5, 0.6) is 5.75 Å². The highest BCUT2D eigenvalue weighted by molar-refractivity contribution is 6.42. The Morgan fingerprint density at radius 3 is 2.32 bits per heavy atom. The molecule has 0 saturated heterocycles. The van der Waals surface area contributed by atoms with E-state index in [1.54, 1.807) is 36.1 Å². The van der Waals surface area contributed by atoms with Gasteiger partial charge in [-0.05, 0) is 54.5 Å². The van der Waals surface area contributed by atoms with E-state index in [1.807, 2.05) is 54.6 Å². The van der Waals surface area contributed by atoms with Gasteiger partial charge in [0.1, 0.15) is 17.9 Å². The number of carbonyl (C=O) groups excluding carboxylic acids is 2. The molecule has 0 spiro atoms. The molecule has 0 aromatic heterocycles. The molecule has 1 aliphatic rings. The van der Waals surface area contributed by atoms with Crippen LogP contribution in [0.2, 0.25) is 10.0 Å². The standard InChI is InChI=1S/C27H21Cl2NO4/c1-17-25(27(32)33-2)26(31)24(30(17)20-10-13-22(28)23(29)15-20)14-18-8-11-21(12-9-18)34-16-19-6-4-3-5-7-19/h3-15H,16H2,1-2H3/b24-14-. The monoisotopic (exact) mass is 493 g/mol. The van der Waals surface area contributed by atoms with Crippen LogP contribution in [-0.4, -0.2) is 18.9 Å². The summed E-state index contributed by atoms with van der Waals surface area (Å²) in [5.74, 6) is -0.421. The number of hydrogen-bond donors (Lipinski definition) is 0. The van der Waals surface area contributed by atoms with Gasteiger partial charge < -0.3 is 14.4 Å². The number of hydrogen-bond acceptors (Lipinski definition) is 5. The first-order valence-corrected chi connectivity index (χ1v) is 11.2. The van der Waals surface area contributed by atoms with Gasteiger partial charge in [0.25, 0.3) is 0 Å². The highest BCUT2D eigenvalue weighted by Gasteiger charge is 2.38. The maximum Gasteiger partial charge on any atom is 0.343 e. The molecule has 0 aliphatic carbocycles. The Hall–Kier alpha value is -3.54. The molecule has 3 aromatic carbocycles. The average Bonchev–Trinajstić information content (AvgIpc) is 3.09. The van der Waals surface area contributed by atoms with Gasteiger partial charge in [-0.2, -0.15) is 0 Å². The Kier molecular flexibility index (Phi) is 7.06. The predicted octanol–water partition coefficient (Wildman–Crippen LogP) is 6.45. The van der Waals surface area contributed by atoms with Gasteiger partial charge in [-0.15, -0.1) is 0 Å². The summed E-state index contributed by atoms with van der Waals surface area (Å²) in [5.41, 5.74) is 3.16. The van der Waals surface area contributed by atoms with Crippen molar-refractivity contribution >= 4 is 46.7 Å². The third kappa shape index (κ3) is 4.86. The fraction of sp³-hybridized carbons (Fsp3) is 0.111. The fourth-order valence-electron chi connectivity index (χ4n) is 3.67. The van der Waals surface area contributed by atoms with Crippen LogP contribution in [0.25, 0.3) is 6.08 Å². The normalized spacial score (nSPS) is 14.6. The van der Waals surface area contributed by atoms with Crippen molar-refractivity contribution in [3.63, 3.8) is 0 Å². The molecule has 1 aliphatic heterocycles. The second kappa shape index (κ2) is 10.2. The van der Waals surface area contributed by atoms with Gasteiger partial charge in [0.2, 0.25) is 5.78 Å². The highest BCUT2D eigenvalue weighted by atomic mass is 35.5. The molecule has 0 saturated carbocycles. The first kappa shape index (κ1) is 23.6. The van der Waals surface area contributed by atoms with Crippen LogP contribution in [0.1, 0.15) is 18.1 Å². The molecule has 172 valence electrons. The highest BCUT2D eigenvalue weighted by Crippen LogP contribution is 2.38. The van der Waals surface area contributed by atoms with Crippen LogP contribution in [0.3, 0.4) is 0 Å². The van der Waals surface area contributed by atoms with Crippen LogP contribution < -0.4 is 9.64 Å². The number of Topliss-reactive ketones (excluding diaryl/α,β-unsaturated/α-hetero) is 1. The maximum atomic E-state index is 13.2. The number of allylic oxidation sites excluding steroid dienone is 2. The molecule has 1 heterocycles. The number of ether oxygens (including phenoxy) is 2. The molecule has 3 aromatic rings. The van der Waals surface area contributed by atoms with E-state index in [9.17, 15) is 9.59 Å². The Balaban J connectivity index is 1.65. The number of nitrogens with zero attached hydrogens (tertiary/aromatic N) is 1. The molecule has 0 atom stereocenters. The lowest BCUT2D eigenvalue weighted by Gasteiger charge is -2.22. The van der Waals surface area contributed by atoms with Crippen LogP contribution >= 0.6 is 23.2 Å². The first-order valence-electron chi connectivity index (χ1n) is 10.5. The predicted molar refractivity (Wildman–Crippen MR) is 134 cm³/mol. The number of ketones is 1. The van der Waals surface area contributed by atoms with Crippen molar-refractivity contribution in [3.05, 3.63) is 111 Å². The Labute approximate surface area is 207 Å². The zero-order valence-electron chi connectivity index (χ0n) is 18.5. The first-order chi connectivity index (χ1) is 16.4. The molecule has 0 radical (unpaired) electrons. The smallest absolute Gasteiger partial charge is 0.343 e. The molecule has 34 heavy (non-hydrogen) atoms. The van der Waals surface area contributed by atoms with Crippen molar-refractivity contribution < 1.29 is 19.1 Å². The number of anilines is 1. The Bertz CT molecular complexity index is 1300. The van der Waals surface area contributed by atoms with Crippen molar-refractivity contribution in [2.45, 2.75) is 13.5 Å². The van der Waals surface area contributed by atoms with E-state index in [4.69, 9.17) is 32.7 Å². The number of benzene rings is 3. The van der Waals surface area contributed by atoms with Gasteiger partial charge in [0.05, 0.1) is 22.9 Å². The fourth-order valence-corrected chi connectivity index (χ4v) is 3.97. The van der Waals surface area contributed by atoms with E-state index in [-0.39, 0.29) is 5.57 Å². The van der Waals surface area contributed by atoms with Gasteiger partial charge in [0, 0.05) is 11.4 Å². The number of halogens is 2. The summed E-state index contributed by atoms with van der Waals surface area (Å²) < 4.78 is 10.7. The molecule has 5 nitrogen and oxygen atoms in total. The van der Waals surface area contributed by atoms with Gasteiger partial charge in [-0.25, -0.2) is 4.79 Å². The van der Waals surface area contributed by atoms with Crippen LogP contribution in [-0.2, 0) is 20.9 Å². The molecule has 0 amide bonds. The van der Waals surface area contributed by atoms with Gasteiger partial charge in [-0.1, -0.05) is 65.7 Å². The number of rotatable bonds is 6. The second-order valence-corrected chi connectivity index (χ2v) is 8.40. The number of carbonyl (C=O) groups is 2. The van der Waals surface area contributed by atoms with Gasteiger partial charge >= 0.3 is 5.97 Å². The maximum absolute atomic E-state index is 13.2. The van der Waals surface area contributed by atoms with E-state index >= 15 is 0 Å². The third-order valence-corrected chi connectivity index (χ3v) is 6.12. The minimum atomic E-state index is -0.694. The summed E-state index contributed by atoms with van der Waals surface area (Å²) in [6.07, 6.45) is 1.71. The summed E-state index contributed by atoms with van der Waals surface area (Å²) in [4.78, 5) is 27.3. The lowest BCUT2D eigenvalue weighted by Crippen LogP contribution is -2.18.